The molecule has 0 spiro atoms. The van der Waals surface area contributed by atoms with Gasteiger partial charge in [0.05, 0.1) is 13.0 Å². The van der Waals surface area contributed by atoms with Gasteiger partial charge in [-0.25, -0.2) is 0 Å². The van der Waals surface area contributed by atoms with Crippen LogP contribution in [0.2, 0.25) is 0 Å². The van der Waals surface area contributed by atoms with Gasteiger partial charge in [-0.1, -0.05) is 33.6 Å². The van der Waals surface area contributed by atoms with Gasteiger partial charge in [0.25, 0.3) is 0 Å². The molecule has 0 heterocycles. The molecule has 146 valence electrons. The molecular formula is C23H36O3. The summed E-state index contributed by atoms with van der Waals surface area (Å²) in [7, 11) is 1.47. The standard InChI is InChI=1S/C23H36O3/c1-14(21(25)26-4)17-10-11-18-16-9-8-15-7-5-6-12-22(15,2)19(16)13-20(24)23(17,18)3/h14-19H,5-13H2,1-4H3/t14-,15-,16?,17+,18?,19?,22-,23+/m0/s1. The summed E-state index contributed by atoms with van der Waals surface area (Å²) >= 11 is 0. The third kappa shape index (κ3) is 2.37. The SMILES string of the molecule is COC(=O)[C@@H](C)[C@H]1CCC2C3CC[C@@H]4CCCC[C@]4(C)C3CC(=O)[C@@]21C. The summed E-state index contributed by atoms with van der Waals surface area (Å²) in [6.07, 6.45) is 11.0. The van der Waals surface area contributed by atoms with Crippen molar-refractivity contribution in [2.45, 2.75) is 78.6 Å². The number of rotatable bonds is 2. The van der Waals surface area contributed by atoms with Crippen LogP contribution >= 0.6 is 0 Å². The lowest BCUT2D eigenvalue weighted by atomic mass is 9.44. The monoisotopic (exact) mass is 360 g/mol. The fourth-order valence-corrected chi connectivity index (χ4v) is 8.19. The second-order valence-electron chi connectivity index (χ2n) is 10.3. The van der Waals surface area contributed by atoms with Gasteiger partial charge in [0.1, 0.15) is 5.78 Å². The van der Waals surface area contributed by atoms with E-state index in [9.17, 15) is 9.59 Å². The second kappa shape index (κ2) is 6.34. The largest absolute Gasteiger partial charge is 0.469 e. The topological polar surface area (TPSA) is 43.4 Å². The molecule has 3 unspecified atom stereocenters. The Morgan fingerprint density at radius 2 is 1.85 bits per heavy atom. The molecule has 0 radical (unpaired) electrons. The Morgan fingerprint density at radius 1 is 1.08 bits per heavy atom. The van der Waals surface area contributed by atoms with Crippen molar-refractivity contribution in [2.75, 3.05) is 7.11 Å². The molecule has 0 aromatic heterocycles. The minimum atomic E-state index is -0.313. The number of fused-ring (bicyclic) bond motifs is 5. The van der Waals surface area contributed by atoms with E-state index < -0.39 is 0 Å². The van der Waals surface area contributed by atoms with Crippen LogP contribution in [0.5, 0.6) is 0 Å². The number of ketones is 1. The van der Waals surface area contributed by atoms with Crippen LogP contribution in [0.15, 0.2) is 0 Å². The van der Waals surface area contributed by atoms with Crippen LogP contribution in [-0.4, -0.2) is 18.9 Å². The van der Waals surface area contributed by atoms with E-state index in [4.69, 9.17) is 4.74 Å². The lowest BCUT2D eigenvalue weighted by Gasteiger charge is -2.60. The van der Waals surface area contributed by atoms with Gasteiger partial charge >= 0.3 is 5.97 Å². The van der Waals surface area contributed by atoms with Gasteiger partial charge < -0.3 is 4.74 Å². The predicted octanol–water partition coefficient (Wildman–Crippen LogP) is 5.02. The number of Topliss-reactive ketones (excluding diaryl/α,β-unsaturated/α-hetero) is 1. The zero-order chi connectivity index (χ0) is 18.7. The molecule has 0 amide bonds. The molecule has 0 bridgehead atoms. The minimum Gasteiger partial charge on any atom is -0.469 e. The highest BCUT2D eigenvalue weighted by atomic mass is 16.5. The zero-order valence-corrected chi connectivity index (χ0v) is 17.1. The second-order valence-corrected chi connectivity index (χ2v) is 10.3. The number of methoxy groups -OCH3 is 1. The minimum absolute atomic E-state index is 0.144. The Bertz CT molecular complexity index is 598. The number of carbonyl (C=O) groups excluding carboxylic acids is 2. The highest BCUT2D eigenvalue weighted by Crippen LogP contribution is 2.67. The maximum atomic E-state index is 13.5. The number of ether oxygens (including phenoxy) is 1. The normalized spacial score (nSPS) is 48.9. The van der Waals surface area contributed by atoms with Crippen molar-refractivity contribution in [3.8, 4) is 0 Å². The molecule has 4 saturated carbocycles. The number of esters is 1. The van der Waals surface area contributed by atoms with Crippen molar-refractivity contribution < 1.29 is 14.3 Å². The first kappa shape index (κ1) is 18.5. The predicted molar refractivity (Wildman–Crippen MR) is 101 cm³/mol. The van der Waals surface area contributed by atoms with Gasteiger partial charge in [0.2, 0.25) is 0 Å². The van der Waals surface area contributed by atoms with Crippen LogP contribution < -0.4 is 0 Å². The maximum absolute atomic E-state index is 13.5. The molecule has 0 aliphatic heterocycles. The van der Waals surface area contributed by atoms with Crippen molar-refractivity contribution in [3.63, 3.8) is 0 Å². The average Bonchev–Trinajstić information content (AvgIpc) is 2.99. The average molecular weight is 361 g/mol. The van der Waals surface area contributed by atoms with Crippen LogP contribution in [-0.2, 0) is 14.3 Å². The van der Waals surface area contributed by atoms with Gasteiger partial charge in [0.15, 0.2) is 0 Å². The highest BCUT2D eigenvalue weighted by Gasteiger charge is 2.64. The van der Waals surface area contributed by atoms with Gasteiger partial charge in [0, 0.05) is 11.8 Å². The van der Waals surface area contributed by atoms with Crippen molar-refractivity contribution in [3.05, 3.63) is 0 Å². The van der Waals surface area contributed by atoms with E-state index in [0.717, 1.165) is 25.2 Å². The fourth-order valence-electron chi connectivity index (χ4n) is 8.19. The molecule has 8 atom stereocenters. The molecule has 4 aliphatic carbocycles. The summed E-state index contributed by atoms with van der Waals surface area (Å²) in [5.41, 5.74) is 0.0663. The highest BCUT2D eigenvalue weighted by molar-refractivity contribution is 5.88. The Balaban J connectivity index is 1.65. The third-order valence-electron chi connectivity index (χ3n) is 9.69. The number of carbonyl (C=O) groups is 2. The lowest BCUT2D eigenvalue weighted by molar-refractivity contribution is -0.161. The molecule has 4 fully saturated rings. The van der Waals surface area contributed by atoms with E-state index >= 15 is 0 Å². The fraction of sp³-hybridized carbons (Fsp3) is 0.913. The summed E-state index contributed by atoms with van der Waals surface area (Å²) in [5.74, 6) is 2.88. The smallest absolute Gasteiger partial charge is 0.308 e. The van der Waals surface area contributed by atoms with Crippen molar-refractivity contribution >= 4 is 11.8 Å². The van der Waals surface area contributed by atoms with Crippen molar-refractivity contribution in [1.82, 2.24) is 0 Å². The summed E-state index contributed by atoms with van der Waals surface area (Å²) in [6, 6.07) is 0. The quantitative estimate of drug-likeness (QED) is 0.649. The van der Waals surface area contributed by atoms with Crippen molar-refractivity contribution in [1.29, 1.82) is 0 Å². The zero-order valence-electron chi connectivity index (χ0n) is 17.1. The van der Waals surface area contributed by atoms with Gasteiger partial charge in [-0.15, -0.1) is 0 Å². The maximum Gasteiger partial charge on any atom is 0.308 e. The van der Waals surface area contributed by atoms with E-state index in [1.165, 1.54) is 45.6 Å². The van der Waals surface area contributed by atoms with Crippen LogP contribution in [0.3, 0.4) is 0 Å². The van der Waals surface area contributed by atoms with E-state index in [-0.39, 0.29) is 23.2 Å². The van der Waals surface area contributed by atoms with Gasteiger partial charge in [-0.2, -0.15) is 0 Å². The van der Waals surface area contributed by atoms with Crippen molar-refractivity contribution in [2.24, 2.45) is 46.3 Å². The molecular weight excluding hydrogens is 324 g/mol. The Hall–Kier alpha value is -0.860. The molecule has 0 N–H and O–H groups in total. The Morgan fingerprint density at radius 3 is 2.58 bits per heavy atom. The molecule has 0 aromatic rings. The van der Waals surface area contributed by atoms with E-state index in [0.29, 0.717) is 29.0 Å². The first-order chi connectivity index (χ1) is 12.3. The number of hydrogen-bond acceptors (Lipinski definition) is 3. The van der Waals surface area contributed by atoms with Gasteiger partial charge in [-0.05, 0) is 73.5 Å². The first-order valence-corrected chi connectivity index (χ1v) is 10.9. The molecule has 0 saturated heterocycles. The summed E-state index contributed by atoms with van der Waals surface area (Å²) in [5, 5.41) is 0. The number of hydrogen-bond donors (Lipinski definition) is 0. The Labute approximate surface area is 158 Å². The van der Waals surface area contributed by atoms with Gasteiger partial charge in [-0.3, -0.25) is 9.59 Å². The summed E-state index contributed by atoms with van der Waals surface area (Å²) < 4.78 is 5.03. The van der Waals surface area contributed by atoms with Crippen LogP contribution in [0.25, 0.3) is 0 Å². The molecule has 0 aromatic carbocycles. The van der Waals surface area contributed by atoms with E-state index in [1.807, 2.05) is 6.92 Å². The molecule has 26 heavy (non-hydrogen) atoms. The van der Waals surface area contributed by atoms with E-state index in [2.05, 4.69) is 13.8 Å². The Kier molecular flexibility index (Phi) is 4.51. The lowest BCUT2D eigenvalue weighted by Crippen LogP contribution is -2.57. The summed E-state index contributed by atoms with van der Waals surface area (Å²) in [6.45, 7) is 6.68. The molecule has 3 heteroatoms. The molecule has 3 nitrogen and oxygen atoms in total. The molecule has 4 aliphatic rings. The first-order valence-electron chi connectivity index (χ1n) is 10.9. The third-order valence-corrected chi connectivity index (χ3v) is 9.69. The van der Waals surface area contributed by atoms with Crippen LogP contribution in [0, 0.1) is 46.3 Å². The molecule has 4 rings (SSSR count). The van der Waals surface area contributed by atoms with E-state index in [1.54, 1.807) is 0 Å². The van der Waals surface area contributed by atoms with Crippen LogP contribution in [0.4, 0.5) is 0 Å². The summed E-state index contributed by atoms with van der Waals surface area (Å²) in [4.78, 5) is 25.8. The van der Waals surface area contributed by atoms with Crippen LogP contribution in [0.1, 0.15) is 78.6 Å².